The molecule has 1 fully saturated rings. The van der Waals surface area contributed by atoms with Gasteiger partial charge in [-0.2, -0.15) is 0 Å². The molecule has 1 aromatic carbocycles. The molecule has 0 aliphatic carbocycles. The largest absolute Gasteiger partial charge is 0.355 e. The van der Waals surface area contributed by atoms with E-state index >= 15 is 0 Å². The molecule has 1 aliphatic rings. The molecule has 2 rings (SSSR count). The van der Waals surface area contributed by atoms with Crippen LogP contribution in [0.15, 0.2) is 24.3 Å². The molecule has 1 N–H and O–H groups in total. The molecular formula is C11H15ClFNO. The SMILES string of the molecule is CC1COC(C)(c2cccc(F)c2)N1.Cl. The van der Waals surface area contributed by atoms with Crippen molar-refractivity contribution in [1.82, 2.24) is 5.32 Å². The second kappa shape index (κ2) is 4.47. The van der Waals surface area contributed by atoms with Gasteiger partial charge in [0, 0.05) is 11.6 Å². The zero-order valence-corrected chi connectivity index (χ0v) is 9.60. The van der Waals surface area contributed by atoms with Crippen molar-refractivity contribution in [3.8, 4) is 0 Å². The lowest BCUT2D eigenvalue weighted by Crippen LogP contribution is -2.37. The van der Waals surface area contributed by atoms with Gasteiger partial charge in [0.15, 0.2) is 0 Å². The Hall–Kier alpha value is -0.640. The molecule has 15 heavy (non-hydrogen) atoms. The molecule has 2 nitrogen and oxygen atoms in total. The zero-order chi connectivity index (χ0) is 10.2. The topological polar surface area (TPSA) is 21.3 Å². The third-order valence-corrected chi connectivity index (χ3v) is 2.52. The fraction of sp³-hybridized carbons (Fsp3) is 0.455. The minimum absolute atomic E-state index is 0. The summed E-state index contributed by atoms with van der Waals surface area (Å²) in [6.45, 7) is 4.63. The summed E-state index contributed by atoms with van der Waals surface area (Å²) in [5, 5.41) is 3.28. The molecule has 1 heterocycles. The van der Waals surface area contributed by atoms with Crippen LogP contribution in [0.2, 0.25) is 0 Å². The Bertz CT molecular complexity index is 347. The van der Waals surface area contributed by atoms with Crippen molar-refractivity contribution < 1.29 is 9.13 Å². The number of nitrogens with one attached hydrogen (secondary N) is 1. The Morgan fingerprint density at radius 1 is 1.53 bits per heavy atom. The summed E-state index contributed by atoms with van der Waals surface area (Å²) in [5.41, 5.74) is 0.295. The van der Waals surface area contributed by atoms with Crippen molar-refractivity contribution in [2.75, 3.05) is 6.61 Å². The van der Waals surface area contributed by atoms with Crippen molar-refractivity contribution >= 4 is 12.4 Å². The second-order valence-electron chi connectivity index (χ2n) is 3.90. The second-order valence-corrected chi connectivity index (χ2v) is 3.90. The average Bonchev–Trinajstić information content (AvgIpc) is 2.48. The maximum atomic E-state index is 13.0. The van der Waals surface area contributed by atoms with Crippen molar-refractivity contribution in [2.24, 2.45) is 0 Å². The van der Waals surface area contributed by atoms with Crippen LogP contribution in [-0.2, 0) is 10.5 Å². The van der Waals surface area contributed by atoms with Crippen LogP contribution < -0.4 is 5.32 Å². The Morgan fingerprint density at radius 3 is 2.80 bits per heavy atom. The predicted octanol–water partition coefficient (Wildman–Crippen LogP) is 2.43. The Balaban J connectivity index is 0.00000112. The molecular weight excluding hydrogens is 217 g/mol. The lowest BCUT2D eigenvalue weighted by Gasteiger charge is -2.24. The number of rotatable bonds is 1. The summed E-state index contributed by atoms with van der Waals surface area (Å²) < 4.78 is 18.6. The van der Waals surface area contributed by atoms with E-state index in [0.717, 1.165) is 5.56 Å². The monoisotopic (exact) mass is 231 g/mol. The average molecular weight is 232 g/mol. The van der Waals surface area contributed by atoms with Gasteiger partial charge in [-0.15, -0.1) is 12.4 Å². The predicted molar refractivity (Wildman–Crippen MR) is 59.5 cm³/mol. The molecule has 0 spiro atoms. The van der Waals surface area contributed by atoms with E-state index in [-0.39, 0.29) is 18.2 Å². The normalized spacial score (nSPS) is 29.9. The molecule has 0 amide bonds. The molecule has 0 aromatic heterocycles. The van der Waals surface area contributed by atoms with Gasteiger partial charge in [-0.05, 0) is 26.0 Å². The lowest BCUT2D eigenvalue weighted by atomic mass is 10.0. The van der Waals surface area contributed by atoms with Gasteiger partial charge in [0.1, 0.15) is 11.5 Å². The summed E-state index contributed by atoms with van der Waals surface area (Å²) >= 11 is 0. The van der Waals surface area contributed by atoms with Gasteiger partial charge < -0.3 is 4.74 Å². The Morgan fingerprint density at radius 2 is 2.27 bits per heavy atom. The number of ether oxygens (including phenoxy) is 1. The van der Waals surface area contributed by atoms with E-state index in [4.69, 9.17) is 4.74 Å². The molecule has 0 saturated carbocycles. The van der Waals surface area contributed by atoms with Gasteiger partial charge in [0.2, 0.25) is 0 Å². The van der Waals surface area contributed by atoms with Crippen LogP contribution in [0, 0.1) is 5.82 Å². The third kappa shape index (κ3) is 2.48. The van der Waals surface area contributed by atoms with Crippen LogP contribution >= 0.6 is 12.4 Å². The molecule has 1 aliphatic heterocycles. The van der Waals surface area contributed by atoms with E-state index < -0.39 is 5.72 Å². The van der Waals surface area contributed by atoms with E-state index in [1.54, 1.807) is 6.07 Å². The summed E-state index contributed by atoms with van der Waals surface area (Å²) in [4.78, 5) is 0. The standard InChI is InChI=1S/C11H14FNO.ClH/c1-8-7-14-11(2,13-8)9-4-3-5-10(12)6-9;/h3-6,8,13H,7H2,1-2H3;1H. The number of hydrogen-bond acceptors (Lipinski definition) is 2. The van der Waals surface area contributed by atoms with Crippen molar-refractivity contribution in [2.45, 2.75) is 25.6 Å². The van der Waals surface area contributed by atoms with E-state index in [1.165, 1.54) is 12.1 Å². The summed E-state index contributed by atoms with van der Waals surface area (Å²) in [6.07, 6.45) is 0. The quantitative estimate of drug-likeness (QED) is 0.802. The Kier molecular flexibility index (Phi) is 3.71. The number of benzene rings is 1. The first-order valence-electron chi connectivity index (χ1n) is 4.78. The molecule has 1 saturated heterocycles. The van der Waals surface area contributed by atoms with E-state index in [9.17, 15) is 4.39 Å². The summed E-state index contributed by atoms with van der Waals surface area (Å²) in [7, 11) is 0. The van der Waals surface area contributed by atoms with Crippen LogP contribution in [-0.4, -0.2) is 12.6 Å². The molecule has 1 aromatic rings. The molecule has 4 heteroatoms. The van der Waals surface area contributed by atoms with Crippen LogP contribution in [0.4, 0.5) is 4.39 Å². The van der Waals surface area contributed by atoms with Crippen molar-refractivity contribution in [1.29, 1.82) is 0 Å². The highest BCUT2D eigenvalue weighted by molar-refractivity contribution is 5.85. The van der Waals surface area contributed by atoms with Crippen LogP contribution in [0.25, 0.3) is 0 Å². The fourth-order valence-corrected chi connectivity index (χ4v) is 1.80. The highest BCUT2D eigenvalue weighted by Gasteiger charge is 2.34. The number of halogens is 2. The van der Waals surface area contributed by atoms with Gasteiger partial charge in [0.25, 0.3) is 0 Å². The van der Waals surface area contributed by atoms with E-state index in [0.29, 0.717) is 12.6 Å². The highest BCUT2D eigenvalue weighted by atomic mass is 35.5. The first-order chi connectivity index (χ1) is 6.60. The lowest BCUT2D eigenvalue weighted by molar-refractivity contribution is 0.00214. The van der Waals surface area contributed by atoms with Crippen LogP contribution in [0.3, 0.4) is 0 Å². The molecule has 0 bridgehead atoms. The van der Waals surface area contributed by atoms with Crippen molar-refractivity contribution in [3.63, 3.8) is 0 Å². The van der Waals surface area contributed by atoms with Crippen molar-refractivity contribution in [3.05, 3.63) is 35.6 Å². The first-order valence-corrected chi connectivity index (χ1v) is 4.78. The Labute approximate surface area is 95.2 Å². The number of hydrogen-bond donors (Lipinski definition) is 1. The third-order valence-electron chi connectivity index (χ3n) is 2.52. The smallest absolute Gasteiger partial charge is 0.142 e. The minimum atomic E-state index is -0.540. The molecule has 84 valence electrons. The van der Waals surface area contributed by atoms with Gasteiger partial charge in [-0.25, -0.2) is 4.39 Å². The molecule has 2 atom stereocenters. The highest BCUT2D eigenvalue weighted by Crippen LogP contribution is 2.27. The van der Waals surface area contributed by atoms with Gasteiger partial charge in [-0.1, -0.05) is 12.1 Å². The zero-order valence-electron chi connectivity index (χ0n) is 8.79. The van der Waals surface area contributed by atoms with Gasteiger partial charge in [-0.3, -0.25) is 5.32 Å². The first kappa shape index (κ1) is 12.4. The molecule has 0 radical (unpaired) electrons. The fourth-order valence-electron chi connectivity index (χ4n) is 1.80. The maximum absolute atomic E-state index is 13.0. The summed E-state index contributed by atoms with van der Waals surface area (Å²) in [6, 6.07) is 6.82. The molecule has 2 unspecified atom stereocenters. The van der Waals surface area contributed by atoms with Crippen LogP contribution in [0.1, 0.15) is 19.4 Å². The van der Waals surface area contributed by atoms with Gasteiger partial charge >= 0.3 is 0 Å². The van der Waals surface area contributed by atoms with E-state index in [1.807, 2.05) is 19.9 Å². The van der Waals surface area contributed by atoms with E-state index in [2.05, 4.69) is 5.32 Å². The maximum Gasteiger partial charge on any atom is 0.142 e. The van der Waals surface area contributed by atoms with Crippen LogP contribution in [0.5, 0.6) is 0 Å². The minimum Gasteiger partial charge on any atom is -0.355 e. The summed E-state index contributed by atoms with van der Waals surface area (Å²) in [5.74, 6) is -0.228. The van der Waals surface area contributed by atoms with Gasteiger partial charge in [0.05, 0.1) is 6.61 Å².